The minimum Gasteiger partial charge on any atom is -0.350 e. The number of halogens is 3. The zero-order valence-corrected chi connectivity index (χ0v) is 13.8. The highest BCUT2D eigenvalue weighted by Gasteiger charge is 2.30. The van der Waals surface area contributed by atoms with Crippen molar-refractivity contribution in [3.8, 4) is 11.3 Å². The highest BCUT2D eigenvalue weighted by Crippen LogP contribution is 2.29. The Kier molecular flexibility index (Phi) is 4.79. The molecule has 0 atom stereocenters. The molecule has 1 aromatic heterocycles. The zero-order chi connectivity index (χ0) is 18.7. The second kappa shape index (κ2) is 7.03. The highest BCUT2D eigenvalue weighted by atomic mass is 19.4. The Bertz CT molecular complexity index is 904. The minimum atomic E-state index is -4.42. The van der Waals surface area contributed by atoms with Gasteiger partial charge < -0.3 is 9.42 Å². The molecule has 0 radical (unpaired) electrons. The van der Waals surface area contributed by atoms with Gasteiger partial charge in [0.25, 0.3) is 5.91 Å². The monoisotopic (exact) mass is 360 g/mol. The molecule has 0 fully saturated rings. The van der Waals surface area contributed by atoms with Gasteiger partial charge in [0.05, 0.1) is 5.56 Å². The van der Waals surface area contributed by atoms with E-state index in [2.05, 4.69) is 5.16 Å². The summed E-state index contributed by atoms with van der Waals surface area (Å²) >= 11 is 0. The standard InChI is InChI=1S/C19H15F3N2O2/c1-24(12-13-6-5-9-15(10-13)19(20,21)22)18(25)17-11-16(23-26-17)14-7-3-2-4-8-14/h2-11H,12H2,1H3. The zero-order valence-electron chi connectivity index (χ0n) is 13.8. The molecule has 3 rings (SSSR count). The second-order valence-electron chi connectivity index (χ2n) is 5.80. The molecule has 1 heterocycles. The van der Waals surface area contributed by atoms with Gasteiger partial charge in [-0.05, 0) is 17.7 Å². The summed E-state index contributed by atoms with van der Waals surface area (Å²) in [6, 6.07) is 15.6. The van der Waals surface area contributed by atoms with Crippen LogP contribution in [-0.2, 0) is 12.7 Å². The van der Waals surface area contributed by atoms with E-state index in [9.17, 15) is 18.0 Å². The van der Waals surface area contributed by atoms with E-state index in [1.54, 1.807) is 0 Å². The molecule has 0 saturated carbocycles. The van der Waals surface area contributed by atoms with Crippen molar-refractivity contribution in [3.05, 3.63) is 77.6 Å². The van der Waals surface area contributed by atoms with Crippen molar-refractivity contribution in [3.63, 3.8) is 0 Å². The topological polar surface area (TPSA) is 46.3 Å². The summed E-state index contributed by atoms with van der Waals surface area (Å²) in [6.45, 7) is 0.0180. The van der Waals surface area contributed by atoms with Crippen LogP contribution in [0.25, 0.3) is 11.3 Å². The van der Waals surface area contributed by atoms with Gasteiger partial charge in [-0.15, -0.1) is 0 Å². The van der Waals surface area contributed by atoms with Gasteiger partial charge in [-0.3, -0.25) is 4.79 Å². The van der Waals surface area contributed by atoms with Crippen LogP contribution in [0.4, 0.5) is 13.2 Å². The quantitative estimate of drug-likeness (QED) is 0.681. The Hall–Kier alpha value is -3.09. The van der Waals surface area contributed by atoms with Gasteiger partial charge in [0.1, 0.15) is 5.69 Å². The maximum atomic E-state index is 12.8. The van der Waals surface area contributed by atoms with Gasteiger partial charge in [-0.2, -0.15) is 13.2 Å². The van der Waals surface area contributed by atoms with Gasteiger partial charge in [0.2, 0.25) is 5.76 Å². The van der Waals surface area contributed by atoms with Crippen LogP contribution in [0.3, 0.4) is 0 Å². The van der Waals surface area contributed by atoms with Crippen molar-refractivity contribution in [2.24, 2.45) is 0 Å². The molecular formula is C19H15F3N2O2. The molecule has 0 aliphatic carbocycles. The summed E-state index contributed by atoms with van der Waals surface area (Å²) < 4.78 is 43.5. The number of nitrogens with zero attached hydrogens (tertiary/aromatic N) is 2. The number of hydrogen-bond acceptors (Lipinski definition) is 3. The lowest BCUT2D eigenvalue weighted by Crippen LogP contribution is -2.26. The van der Waals surface area contributed by atoms with Crippen molar-refractivity contribution < 1.29 is 22.5 Å². The van der Waals surface area contributed by atoms with Gasteiger partial charge in [0, 0.05) is 25.2 Å². The molecule has 0 bridgehead atoms. The molecule has 0 aliphatic heterocycles. The van der Waals surface area contributed by atoms with Crippen LogP contribution >= 0.6 is 0 Å². The predicted octanol–water partition coefficient (Wildman–Crippen LogP) is 4.63. The third-order valence-corrected chi connectivity index (χ3v) is 3.81. The molecule has 2 aromatic carbocycles. The van der Waals surface area contributed by atoms with E-state index in [1.807, 2.05) is 30.3 Å². The summed E-state index contributed by atoms with van der Waals surface area (Å²) in [5, 5.41) is 3.87. The number of hydrogen-bond donors (Lipinski definition) is 0. The summed E-state index contributed by atoms with van der Waals surface area (Å²) in [5.74, 6) is -0.435. The lowest BCUT2D eigenvalue weighted by molar-refractivity contribution is -0.137. The average molecular weight is 360 g/mol. The molecule has 7 heteroatoms. The van der Waals surface area contributed by atoms with Gasteiger partial charge in [0.15, 0.2) is 0 Å². The summed E-state index contributed by atoms with van der Waals surface area (Å²) in [7, 11) is 1.49. The number of carbonyl (C=O) groups excluding carboxylic acids is 1. The lowest BCUT2D eigenvalue weighted by Gasteiger charge is -2.16. The SMILES string of the molecule is CN(Cc1cccc(C(F)(F)F)c1)C(=O)c1cc(-c2ccccc2)no1. The van der Waals surface area contributed by atoms with Crippen LogP contribution in [0.15, 0.2) is 65.2 Å². The predicted molar refractivity (Wildman–Crippen MR) is 89.2 cm³/mol. The van der Waals surface area contributed by atoms with Gasteiger partial charge >= 0.3 is 6.18 Å². The van der Waals surface area contributed by atoms with Crippen molar-refractivity contribution in [2.45, 2.75) is 12.7 Å². The van der Waals surface area contributed by atoms with Crippen LogP contribution in [-0.4, -0.2) is 23.0 Å². The van der Waals surface area contributed by atoms with E-state index in [0.29, 0.717) is 11.3 Å². The Balaban J connectivity index is 1.74. The van der Waals surface area contributed by atoms with E-state index in [4.69, 9.17) is 4.52 Å². The molecule has 0 spiro atoms. The largest absolute Gasteiger partial charge is 0.416 e. The Morgan fingerprint density at radius 1 is 1.08 bits per heavy atom. The first-order valence-electron chi connectivity index (χ1n) is 7.78. The fraction of sp³-hybridized carbons (Fsp3) is 0.158. The average Bonchev–Trinajstić information content (AvgIpc) is 3.11. The van der Waals surface area contributed by atoms with Crippen LogP contribution in [0.1, 0.15) is 21.7 Å². The first kappa shape index (κ1) is 17.7. The molecule has 1 amide bonds. The summed E-state index contributed by atoms with van der Waals surface area (Å²) in [6.07, 6.45) is -4.42. The second-order valence-corrected chi connectivity index (χ2v) is 5.80. The molecule has 26 heavy (non-hydrogen) atoms. The molecule has 0 unspecified atom stereocenters. The number of carbonyl (C=O) groups is 1. The van der Waals surface area contributed by atoms with Crippen molar-refractivity contribution in [1.82, 2.24) is 10.1 Å². The molecule has 3 aromatic rings. The molecular weight excluding hydrogens is 345 g/mol. The highest BCUT2D eigenvalue weighted by molar-refractivity contribution is 5.92. The smallest absolute Gasteiger partial charge is 0.350 e. The lowest BCUT2D eigenvalue weighted by atomic mass is 10.1. The Labute approximate surface area is 147 Å². The van der Waals surface area contributed by atoms with E-state index < -0.39 is 17.6 Å². The maximum Gasteiger partial charge on any atom is 0.416 e. The number of alkyl halides is 3. The summed E-state index contributed by atoms with van der Waals surface area (Å²) in [5.41, 5.74) is 0.942. The molecule has 134 valence electrons. The maximum absolute atomic E-state index is 12.8. The third kappa shape index (κ3) is 3.93. The molecule has 0 aliphatic rings. The number of aromatic nitrogens is 1. The van der Waals surface area contributed by atoms with Crippen LogP contribution in [0, 0.1) is 0 Å². The molecule has 0 N–H and O–H groups in total. The Morgan fingerprint density at radius 3 is 2.50 bits per heavy atom. The molecule has 4 nitrogen and oxygen atoms in total. The van der Waals surface area contributed by atoms with Crippen LogP contribution < -0.4 is 0 Å². The van der Waals surface area contributed by atoms with Crippen LogP contribution in [0.5, 0.6) is 0 Å². The van der Waals surface area contributed by atoms with Crippen molar-refractivity contribution in [1.29, 1.82) is 0 Å². The summed E-state index contributed by atoms with van der Waals surface area (Å²) in [4.78, 5) is 13.7. The van der Waals surface area contributed by atoms with Gasteiger partial charge in [-0.25, -0.2) is 0 Å². The number of amides is 1. The van der Waals surface area contributed by atoms with Crippen molar-refractivity contribution >= 4 is 5.91 Å². The molecule has 0 saturated heterocycles. The first-order valence-corrected chi connectivity index (χ1v) is 7.78. The first-order chi connectivity index (χ1) is 12.3. The van der Waals surface area contributed by atoms with Crippen molar-refractivity contribution in [2.75, 3.05) is 7.05 Å². The normalized spacial score (nSPS) is 11.4. The van der Waals surface area contributed by atoms with E-state index >= 15 is 0 Å². The fourth-order valence-corrected chi connectivity index (χ4v) is 2.50. The third-order valence-electron chi connectivity index (χ3n) is 3.81. The fourth-order valence-electron chi connectivity index (χ4n) is 2.50. The number of rotatable bonds is 4. The Morgan fingerprint density at radius 2 is 1.81 bits per heavy atom. The number of benzene rings is 2. The van der Waals surface area contributed by atoms with Gasteiger partial charge in [-0.1, -0.05) is 47.6 Å². The van der Waals surface area contributed by atoms with E-state index in [1.165, 1.54) is 30.1 Å². The van der Waals surface area contributed by atoms with E-state index in [-0.39, 0.29) is 12.3 Å². The van der Waals surface area contributed by atoms with Crippen LogP contribution in [0.2, 0.25) is 0 Å². The minimum absolute atomic E-state index is 0.0180. The van der Waals surface area contributed by atoms with E-state index in [0.717, 1.165) is 17.7 Å².